The van der Waals surface area contributed by atoms with Gasteiger partial charge in [-0.15, -0.1) is 0 Å². The molecule has 4 nitrogen and oxygen atoms in total. The summed E-state index contributed by atoms with van der Waals surface area (Å²) < 4.78 is 15.4. The van der Waals surface area contributed by atoms with E-state index in [0.717, 1.165) is 13.0 Å². The molecular weight excluding hydrogens is 335 g/mol. The molecule has 0 spiro atoms. The van der Waals surface area contributed by atoms with Crippen molar-refractivity contribution in [3.05, 3.63) is 83.8 Å². The van der Waals surface area contributed by atoms with Gasteiger partial charge in [0.25, 0.3) is 0 Å². The molecule has 3 aromatic rings. The normalized spacial score (nSPS) is 10.4. The second-order valence-electron chi connectivity index (χ2n) is 5.61. The highest BCUT2D eigenvalue weighted by molar-refractivity contribution is 7.80. The number of nitrogens with zero attached hydrogens (tertiary/aromatic N) is 2. The number of hydrogen-bond donors (Lipinski definition) is 2. The third-order valence-electron chi connectivity index (χ3n) is 3.71. The number of halogens is 1. The molecule has 0 unspecified atom stereocenters. The van der Waals surface area contributed by atoms with E-state index in [1.165, 1.54) is 11.6 Å². The van der Waals surface area contributed by atoms with Gasteiger partial charge in [-0.1, -0.05) is 48.5 Å². The van der Waals surface area contributed by atoms with E-state index >= 15 is 0 Å². The molecule has 0 aliphatic rings. The van der Waals surface area contributed by atoms with Crippen LogP contribution < -0.4 is 10.6 Å². The molecule has 0 aliphatic carbocycles. The van der Waals surface area contributed by atoms with Crippen molar-refractivity contribution in [2.75, 3.05) is 11.9 Å². The molecule has 0 radical (unpaired) electrons. The second kappa shape index (κ2) is 8.39. The largest absolute Gasteiger partial charge is 0.362 e. The number of benzene rings is 2. The standard InChI is InChI=1S/C19H19FN4S/c20-17-9-5-4-8-16(17)14-24-13-11-18(23-24)22-19(25)21-12-10-15-6-2-1-3-7-15/h1-9,11,13H,10,12,14H2,(H2,21,22,23,25). The summed E-state index contributed by atoms with van der Waals surface area (Å²) in [7, 11) is 0. The lowest BCUT2D eigenvalue weighted by molar-refractivity contribution is 0.586. The molecule has 0 amide bonds. The summed E-state index contributed by atoms with van der Waals surface area (Å²) >= 11 is 5.28. The molecule has 128 valence electrons. The van der Waals surface area contributed by atoms with Crippen molar-refractivity contribution in [3.8, 4) is 0 Å². The number of hydrogen-bond acceptors (Lipinski definition) is 2. The van der Waals surface area contributed by atoms with Gasteiger partial charge in [-0.25, -0.2) is 4.39 Å². The predicted octanol–water partition coefficient (Wildman–Crippen LogP) is 3.60. The van der Waals surface area contributed by atoms with Crippen LogP contribution in [-0.2, 0) is 13.0 Å². The Kier molecular flexibility index (Phi) is 5.74. The zero-order valence-electron chi connectivity index (χ0n) is 13.7. The van der Waals surface area contributed by atoms with Crippen molar-refractivity contribution >= 4 is 23.1 Å². The van der Waals surface area contributed by atoms with Crippen LogP contribution in [0.5, 0.6) is 0 Å². The first-order valence-corrected chi connectivity index (χ1v) is 8.47. The molecule has 0 bridgehead atoms. The molecule has 0 saturated heterocycles. The molecule has 1 heterocycles. The minimum absolute atomic E-state index is 0.231. The SMILES string of the molecule is Fc1ccccc1Cn1ccc(NC(=S)NCCc2ccccc2)n1. The lowest BCUT2D eigenvalue weighted by Gasteiger charge is -2.08. The summed E-state index contributed by atoms with van der Waals surface area (Å²) in [5.74, 6) is 0.402. The molecule has 0 fully saturated rings. The van der Waals surface area contributed by atoms with Gasteiger partial charge in [0.2, 0.25) is 0 Å². The van der Waals surface area contributed by atoms with Gasteiger partial charge in [0.15, 0.2) is 10.9 Å². The summed E-state index contributed by atoms with van der Waals surface area (Å²) in [6.45, 7) is 1.12. The minimum Gasteiger partial charge on any atom is -0.362 e. The van der Waals surface area contributed by atoms with E-state index in [1.807, 2.05) is 30.3 Å². The topological polar surface area (TPSA) is 41.9 Å². The number of rotatable bonds is 6. The highest BCUT2D eigenvalue weighted by atomic mass is 32.1. The van der Waals surface area contributed by atoms with Crippen LogP contribution >= 0.6 is 12.2 Å². The summed E-state index contributed by atoms with van der Waals surface area (Å²) in [5, 5.41) is 11.1. The Morgan fingerprint density at radius 3 is 2.60 bits per heavy atom. The zero-order chi connectivity index (χ0) is 17.5. The Morgan fingerprint density at radius 1 is 1.04 bits per heavy atom. The van der Waals surface area contributed by atoms with Crippen LogP contribution in [0.3, 0.4) is 0 Å². The van der Waals surface area contributed by atoms with Gasteiger partial charge in [-0.2, -0.15) is 5.10 Å². The minimum atomic E-state index is -0.231. The summed E-state index contributed by atoms with van der Waals surface area (Å²) in [5.41, 5.74) is 1.85. The monoisotopic (exact) mass is 354 g/mol. The summed E-state index contributed by atoms with van der Waals surface area (Å²) in [4.78, 5) is 0. The van der Waals surface area contributed by atoms with Gasteiger partial charge in [-0.05, 0) is 30.3 Å². The maximum absolute atomic E-state index is 13.7. The highest BCUT2D eigenvalue weighted by Crippen LogP contribution is 2.10. The highest BCUT2D eigenvalue weighted by Gasteiger charge is 2.05. The van der Waals surface area contributed by atoms with Crippen LogP contribution in [0.4, 0.5) is 10.2 Å². The van der Waals surface area contributed by atoms with Crippen LogP contribution in [0, 0.1) is 5.82 Å². The van der Waals surface area contributed by atoms with Gasteiger partial charge in [0.1, 0.15) is 5.82 Å². The molecule has 2 aromatic carbocycles. The average molecular weight is 354 g/mol. The quantitative estimate of drug-likeness (QED) is 0.664. The summed E-state index contributed by atoms with van der Waals surface area (Å²) in [6, 6.07) is 18.7. The first-order valence-electron chi connectivity index (χ1n) is 8.06. The van der Waals surface area contributed by atoms with Gasteiger partial charge in [-0.3, -0.25) is 4.68 Å². The van der Waals surface area contributed by atoms with Crippen molar-refractivity contribution in [1.29, 1.82) is 0 Å². The fraction of sp³-hybridized carbons (Fsp3) is 0.158. The molecule has 6 heteroatoms. The molecule has 0 saturated carbocycles. The van der Waals surface area contributed by atoms with Crippen LogP contribution in [0.2, 0.25) is 0 Å². The van der Waals surface area contributed by atoms with Crippen molar-refractivity contribution < 1.29 is 4.39 Å². The number of thiocarbonyl (C=S) groups is 1. The van der Waals surface area contributed by atoms with E-state index in [9.17, 15) is 4.39 Å². The molecule has 2 N–H and O–H groups in total. The van der Waals surface area contributed by atoms with Crippen molar-refractivity contribution in [1.82, 2.24) is 15.1 Å². The third kappa shape index (κ3) is 5.12. The summed E-state index contributed by atoms with van der Waals surface area (Å²) in [6.07, 6.45) is 2.69. The van der Waals surface area contributed by atoms with Crippen LogP contribution in [-0.4, -0.2) is 21.4 Å². The Labute approximate surface area is 151 Å². The van der Waals surface area contributed by atoms with E-state index in [2.05, 4.69) is 27.9 Å². The molecule has 1 aromatic heterocycles. The van der Waals surface area contributed by atoms with Gasteiger partial charge >= 0.3 is 0 Å². The predicted molar refractivity (Wildman–Crippen MR) is 102 cm³/mol. The first-order chi connectivity index (χ1) is 12.2. The maximum atomic E-state index is 13.7. The van der Waals surface area contributed by atoms with E-state index in [-0.39, 0.29) is 5.82 Å². The van der Waals surface area contributed by atoms with Gasteiger partial charge < -0.3 is 10.6 Å². The van der Waals surface area contributed by atoms with Crippen LogP contribution in [0.15, 0.2) is 66.9 Å². The fourth-order valence-corrected chi connectivity index (χ4v) is 2.65. The Balaban J connectivity index is 1.47. The van der Waals surface area contributed by atoms with E-state index in [0.29, 0.717) is 23.0 Å². The molecule has 0 atom stereocenters. The Bertz CT molecular complexity index is 832. The van der Waals surface area contributed by atoms with Crippen LogP contribution in [0.1, 0.15) is 11.1 Å². The molecular formula is C19H19FN4S. The Morgan fingerprint density at radius 2 is 1.80 bits per heavy atom. The molecule has 0 aliphatic heterocycles. The zero-order valence-corrected chi connectivity index (χ0v) is 14.5. The molecule has 25 heavy (non-hydrogen) atoms. The van der Waals surface area contributed by atoms with E-state index in [1.54, 1.807) is 23.0 Å². The van der Waals surface area contributed by atoms with E-state index < -0.39 is 0 Å². The van der Waals surface area contributed by atoms with Crippen molar-refractivity contribution in [2.24, 2.45) is 0 Å². The van der Waals surface area contributed by atoms with Crippen LogP contribution in [0.25, 0.3) is 0 Å². The second-order valence-corrected chi connectivity index (χ2v) is 6.01. The van der Waals surface area contributed by atoms with Gasteiger partial charge in [0, 0.05) is 24.4 Å². The first kappa shape index (κ1) is 17.1. The number of aromatic nitrogens is 2. The lowest BCUT2D eigenvalue weighted by atomic mass is 10.1. The molecule has 3 rings (SSSR count). The maximum Gasteiger partial charge on any atom is 0.172 e. The lowest BCUT2D eigenvalue weighted by Crippen LogP contribution is -2.30. The van der Waals surface area contributed by atoms with Crippen molar-refractivity contribution in [3.63, 3.8) is 0 Å². The third-order valence-corrected chi connectivity index (χ3v) is 3.96. The Hall–Kier alpha value is -2.73. The average Bonchev–Trinajstić information content (AvgIpc) is 3.05. The number of anilines is 1. The fourth-order valence-electron chi connectivity index (χ4n) is 2.44. The van der Waals surface area contributed by atoms with Gasteiger partial charge in [0.05, 0.1) is 6.54 Å². The van der Waals surface area contributed by atoms with Crippen molar-refractivity contribution in [2.45, 2.75) is 13.0 Å². The van der Waals surface area contributed by atoms with E-state index in [4.69, 9.17) is 12.2 Å². The number of nitrogens with one attached hydrogen (secondary N) is 2. The smallest absolute Gasteiger partial charge is 0.172 e.